The van der Waals surface area contributed by atoms with Gasteiger partial charge in [0.05, 0.1) is 4.90 Å². The van der Waals surface area contributed by atoms with Crippen LogP contribution >= 0.6 is 11.6 Å². The fraction of sp³-hybridized carbons (Fsp3) is 0.625. The number of sulfonamides is 1. The molecule has 1 heterocycles. The van der Waals surface area contributed by atoms with Crippen LogP contribution in [0.1, 0.15) is 38.7 Å². The smallest absolute Gasteiger partial charge is 0.207 e. The lowest BCUT2D eigenvalue weighted by Crippen LogP contribution is -2.39. The molecule has 0 saturated carbocycles. The third-order valence-electron chi connectivity index (χ3n) is 4.25. The molecule has 1 atom stereocenters. The van der Waals surface area contributed by atoms with Gasteiger partial charge in [0.15, 0.2) is 0 Å². The molecule has 21 heavy (non-hydrogen) atoms. The molecule has 1 aromatic rings. The average molecular weight is 330 g/mol. The van der Waals surface area contributed by atoms with Gasteiger partial charge < -0.3 is 0 Å². The highest BCUT2D eigenvalue weighted by atomic mass is 35.5. The Morgan fingerprint density at radius 2 is 1.81 bits per heavy atom. The van der Waals surface area contributed by atoms with Crippen LogP contribution in [0, 0.1) is 5.92 Å². The lowest BCUT2D eigenvalue weighted by molar-refractivity contribution is 0.271. The quantitative estimate of drug-likeness (QED) is 0.773. The predicted octanol–water partition coefficient (Wildman–Crippen LogP) is 3.67. The number of aryl methyl sites for hydroxylation is 1. The van der Waals surface area contributed by atoms with E-state index in [0.717, 1.165) is 25.7 Å². The monoisotopic (exact) mass is 329 g/mol. The highest BCUT2D eigenvalue weighted by molar-refractivity contribution is 7.89. The van der Waals surface area contributed by atoms with Gasteiger partial charge in [-0.3, -0.25) is 0 Å². The standard InChI is InChI=1S/C16H24ClNO2S/c1-3-4-14-5-7-16(8-6-14)21(19,20)18-11-9-15(10-12-18)13(2)17/h5-8,13,15H,3-4,9-12H2,1-2H3. The lowest BCUT2D eigenvalue weighted by Gasteiger charge is -2.32. The Balaban J connectivity index is 2.08. The van der Waals surface area contributed by atoms with Crippen molar-refractivity contribution in [3.63, 3.8) is 0 Å². The van der Waals surface area contributed by atoms with Gasteiger partial charge in [0.1, 0.15) is 0 Å². The first-order chi connectivity index (χ1) is 9.95. The van der Waals surface area contributed by atoms with E-state index in [1.165, 1.54) is 5.56 Å². The third-order valence-corrected chi connectivity index (χ3v) is 6.52. The number of piperidine rings is 1. The Kier molecular flexibility index (Phi) is 5.69. The highest BCUT2D eigenvalue weighted by Gasteiger charge is 2.30. The van der Waals surface area contributed by atoms with Gasteiger partial charge in [-0.2, -0.15) is 4.31 Å². The summed E-state index contributed by atoms with van der Waals surface area (Å²) < 4.78 is 26.8. The normalized spacial score (nSPS) is 19.6. The van der Waals surface area contributed by atoms with E-state index < -0.39 is 10.0 Å². The van der Waals surface area contributed by atoms with E-state index in [2.05, 4.69) is 6.92 Å². The Labute approximate surface area is 133 Å². The summed E-state index contributed by atoms with van der Waals surface area (Å²) >= 11 is 6.11. The van der Waals surface area contributed by atoms with Crippen molar-refractivity contribution in [3.8, 4) is 0 Å². The van der Waals surface area contributed by atoms with Gasteiger partial charge in [0.2, 0.25) is 10.0 Å². The van der Waals surface area contributed by atoms with Crippen LogP contribution in [0.25, 0.3) is 0 Å². The Bertz CT molecular complexity index is 546. The minimum Gasteiger partial charge on any atom is -0.207 e. The molecule has 5 heteroatoms. The summed E-state index contributed by atoms with van der Waals surface area (Å²) in [6, 6.07) is 7.31. The molecule has 0 N–H and O–H groups in total. The summed E-state index contributed by atoms with van der Waals surface area (Å²) in [5.41, 5.74) is 1.19. The second kappa shape index (κ2) is 7.12. The Morgan fingerprint density at radius 1 is 1.24 bits per heavy atom. The zero-order valence-electron chi connectivity index (χ0n) is 12.8. The van der Waals surface area contributed by atoms with Crippen LogP contribution < -0.4 is 0 Å². The molecule has 0 amide bonds. The first-order valence-corrected chi connectivity index (χ1v) is 9.56. The van der Waals surface area contributed by atoms with E-state index in [1.54, 1.807) is 16.4 Å². The number of benzene rings is 1. The highest BCUT2D eigenvalue weighted by Crippen LogP contribution is 2.27. The van der Waals surface area contributed by atoms with Crippen LogP contribution in [0.2, 0.25) is 0 Å². The first-order valence-electron chi connectivity index (χ1n) is 7.68. The second-order valence-corrected chi connectivity index (χ2v) is 8.44. The van der Waals surface area contributed by atoms with Crippen LogP contribution in [0.5, 0.6) is 0 Å². The number of nitrogens with zero attached hydrogens (tertiary/aromatic N) is 1. The number of hydrogen-bond acceptors (Lipinski definition) is 2. The fourth-order valence-corrected chi connectivity index (χ4v) is 4.56. The summed E-state index contributed by atoms with van der Waals surface area (Å²) in [7, 11) is -3.35. The Hall–Kier alpha value is -0.580. The largest absolute Gasteiger partial charge is 0.243 e. The van der Waals surface area contributed by atoms with E-state index in [1.807, 2.05) is 19.1 Å². The summed E-state index contributed by atoms with van der Waals surface area (Å²) in [6.07, 6.45) is 3.74. The zero-order chi connectivity index (χ0) is 15.5. The van der Waals surface area contributed by atoms with Crippen molar-refractivity contribution in [1.29, 1.82) is 0 Å². The minimum absolute atomic E-state index is 0.114. The molecule has 1 aliphatic rings. The average Bonchev–Trinajstić information content (AvgIpc) is 2.48. The summed E-state index contributed by atoms with van der Waals surface area (Å²) in [6.45, 7) is 5.25. The van der Waals surface area contributed by atoms with Crippen LogP contribution in [0.4, 0.5) is 0 Å². The molecule has 0 radical (unpaired) electrons. The number of alkyl halides is 1. The number of rotatable bonds is 5. The van der Waals surface area contributed by atoms with Gasteiger partial charge in [0.25, 0.3) is 0 Å². The third kappa shape index (κ3) is 3.99. The molecule has 1 saturated heterocycles. The minimum atomic E-state index is -3.35. The number of hydrogen-bond donors (Lipinski definition) is 0. The van der Waals surface area contributed by atoms with E-state index in [0.29, 0.717) is 23.9 Å². The van der Waals surface area contributed by atoms with Gasteiger partial charge in [-0.1, -0.05) is 25.5 Å². The van der Waals surface area contributed by atoms with Gasteiger partial charge in [0, 0.05) is 18.5 Å². The molecule has 0 aromatic heterocycles. The molecule has 3 nitrogen and oxygen atoms in total. The van der Waals surface area contributed by atoms with Gasteiger partial charge in [-0.25, -0.2) is 8.42 Å². The molecule has 0 aliphatic carbocycles. The second-order valence-electron chi connectivity index (χ2n) is 5.81. The molecule has 0 bridgehead atoms. The van der Waals surface area contributed by atoms with Gasteiger partial charge in [-0.05, 0) is 49.8 Å². The van der Waals surface area contributed by atoms with Crippen LogP contribution in [0.15, 0.2) is 29.2 Å². The van der Waals surface area contributed by atoms with Crippen LogP contribution in [-0.2, 0) is 16.4 Å². The maximum Gasteiger partial charge on any atom is 0.243 e. The zero-order valence-corrected chi connectivity index (χ0v) is 14.3. The molecule has 1 aliphatic heterocycles. The van der Waals surface area contributed by atoms with Crippen molar-refractivity contribution < 1.29 is 8.42 Å². The molecule has 118 valence electrons. The molecule has 1 unspecified atom stereocenters. The molecular formula is C16H24ClNO2S. The molecule has 2 rings (SSSR count). The SMILES string of the molecule is CCCc1ccc(S(=O)(=O)N2CCC(C(C)Cl)CC2)cc1. The number of halogens is 1. The van der Waals surface area contributed by atoms with E-state index in [9.17, 15) is 8.42 Å². The summed E-state index contributed by atoms with van der Waals surface area (Å²) in [4.78, 5) is 0.403. The lowest BCUT2D eigenvalue weighted by atomic mass is 9.95. The molecular weight excluding hydrogens is 306 g/mol. The maximum absolute atomic E-state index is 12.6. The van der Waals surface area contributed by atoms with Crippen LogP contribution in [0.3, 0.4) is 0 Å². The van der Waals surface area contributed by atoms with Gasteiger partial charge in [-0.15, -0.1) is 11.6 Å². The molecule has 0 spiro atoms. The van der Waals surface area contributed by atoms with Crippen LogP contribution in [-0.4, -0.2) is 31.2 Å². The van der Waals surface area contributed by atoms with Crippen molar-refractivity contribution in [2.75, 3.05) is 13.1 Å². The van der Waals surface area contributed by atoms with E-state index >= 15 is 0 Å². The van der Waals surface area contributed by atoms with Crippen molar-refractivity contribution >= 4 is 21.6 Å². The maximum atomic E-state index is 12.6. The molecule has 1 aromatic carbocycles. The van der Waals surface area contributed by atoms with Gasteiger partial charge >= 0.3 is 0 Å². The van der Waals surface area contributed by atoms with Crippen molar-refractivity contribution in [2.24, 2.45) is 5.92 Å². The summed E-state index contributed by atoms with van der Waals surface area (Å²) in [5.74, 6) is 0.421. The molecule has 1 fully saturated rings. The van der Waals surface area contributed by atoms with Crippen molar-refractivity contribution in [3.05, 3.63) is 29.8 Å². The predicted molar refractivity (Wildman–Crippen MR) is 87.2 cm³/mol. The Morgan fingerprint density at radius 3 is 2.29 bits per heavy atom. The topological polar surface area (TPSA) is 37.4 Å². The van der Waals surface area contributed by atoms with E-state index in [4.69, 9.17) is 11.6 Å². The first kappa shape index (κ1) is 16.8. The van der Waals surface area contributed by atoms with Crippen molar-refractivity contribution in [2.45, 2.75) is 49.8 Å². The fourth-order valence-electron chi connectivity index (χ4n) is 2.84. The van der Waals surface area contributed by atoms with E-state index in [-0.39, 0.29) is 5.38 Å². The summed E-state index contributed by atoms with van der Waals surface area (Å²) in [5, 5.41) is 0.114. The van der Waals surface area contributed by atoms with Crippen molar-refractivity contribution in [1.82, 2.24) is 4.31 Å².